The number of nitrogen functional groups attached to an aromatic ring is 1. The molecule has 0 amide bonds. The van der Waals surface area contributed by atoms with Crippen molar-refractivity contribution in [1.82, 2.24) is 9.80 Å². The van der Waals surface area contributed by atoms with Gasteiger partial charge in [0.2, 0.25) is 0 Å². The molecule has 102 valence electrons. The summed E-state index contributed by atoms with van der Waals surface area (Å²) in [5.41, 5.74) is 7.87. The zero-order chi connectivity index (χ0) is 13.5. The molecule has 0 fully saturated rings. The lowest BCUT2D eigenvalue weighted by molar-refractivity contribution is 0.233. The second-order valence-electron chi connectivity index (χ2n) is 4.93. The maximum Gasteiger partial charge on any atom is 0.0325 e. The molecule has 2 N–H and O–H groups in total. The van der Waals surface area contributed by atoms with Gasteiger partial charge in [0.15, 0.2) is 0 Å². The van der Waals surface area contributed by atoms with Crippen LogP contribution in [0.5, 0.6) is 0 Å². The average molecular weight is 314 g/mol. The van der Waals surface area contributed by atoms with E-state index in [0.29, 0.717) is 0 Å². The van der Waals surface area contributed by atoms with Crippen molar-refractivity contribution in [2.75, 3.05) is 39.5 Å². The zero-order valence-electron chi connectivity index (χ0n) is 11.6. The Morgan fingerprint density at radius 3 is 2.44 bits per heavy atom. The highest BCUT2D eigenvalue weighted by Gasteiger charge is 2.08. The number of nitrogens with zero attached hydrogens (tertiary/aromatic N) is 2. The molecule has 4 heteroatoms. The fourth-order valence-corrected chi connectivity index (χ4v) is 2.38. The van der Waals surface area contributed by atoms with Crippen molar-refractivity contribution in [2.24, 2.45) is 0 Å². The van der Waals surface area contributed by atoms with Crippen molar-refractivity contribution in [3.63, 3.8) is 0 Å². The van der Waals surface area contributed by atoms with Gasteiger partial charge in [0.05, 0.1) is 0 Å². The Labute approximate surface area is 119 Å². The summed E-state index contributed by atoms with van der Waals surface area (Å²) in [4.78, 5) is 4.71. The summed E-state index contributed by atoms with van der Waals surface area (Å²) in [5.74, 6) is 0. The highest BCUT2D eigenvalue weighted by Crippen LogP contribution is 2.21. The Bertz CT molecular complexity index is 366. The summed E-state index contributed by atoms with van der Waals surface area (Å²) in [7, 11) is 4.23. The minimum atomic E-state index is 0.806. The third-order valence-corrected chi connectivity index (χ3v) is 3.61. The highest BCUT2D eigenvalue weighted by atomic mass is 79.9. The second kappa shape index (κ2) is 7.77. The third-order valence-electron chi connectivity index (χ3n) is 2.87. The summed E-state index contributed by atoms with van der Waals surface area (Å²) >= 11 is 3.59. The number of hydrogen-bond acceptors (Lipinski definition) is 3. The van der Waals surface area contributed by atoms with Gasteiger partial charge in [0, 0.05) is 29.8 Å². The van der Waals surface area contributed by atoms with E-state index in [1.54, 1.807) is 0 Å². The van der Waals surface area contributed by atoms with Crippen LogP contribution in [0.25, 0.3) is 0 Å². The van der Waals surface area contributed by atoms with Crippen LogP contribution in [-0.4, -0.2) is 43.5 Å². The van der Waals surface area contributed by atoms with Crippen LogP contribution in [0, 0.1) is 0 Å². The minimum Gasteiger partial charge on any atom is -0.399 e. The lowest BCUT2D eigenvalue weighted by Gasteiger charge is -2.24. The van der Waals surface area contributed by atoms with Crippen LogP contribution in [-0.2, 0) is 6.54 Å². The van der Waals surface area contributed by atoms with E-state index in [0.717, 1.165) is 36.3 Å². The second-order valence-corrected chi connectivity index (χ2v) is 5.78. The van der Waals surface area contributed by atoms with Crippen LogP contribution in [0.2, 0.25) is 0 Å². The molecule has 0 aliphatic carbocycles. The predicted molar refractivity (Wildman–Crippen MR) is 82.7 cm³/mol. The third kappa shape index (κ3) is 5.38. The summed E-state index contributed by atoms with van der Waals surface area (Å²) in [5, 5.41) is 0. The molecule has 0 aliphatic heterocycles. The van der Waals surface area contributed by atoms with Crippen molar-refractivity contribution in [3.8, 4) is 0 Å². The summed E-state index contributed by atoms with van der Waals surface area (Å²) in [6.07, 6.45) is 1.18. The lowest BCUT2D eigenvalue weighted by Crippen LogP contribution is -2.32. The molecular formula is C14H24BrN3. The van der Waals surface area contributed by atoms with Gasteiger partial charge in [-0.15, -0.1) is 0 Å². The molecule has 0 radical (unpaired) electrons. The number of benzene rings is 1. The van der Waals surface area contributed by atoms with Crippen molar-refractivity contribution < 1.29 is 0 Å². The lowest BCUT2D eigenvalue weighted by atomic mass is 10.2. The van der Waals surface area contributed by atoms with E-state index in [2.05, 4.69) is 52.8 Å². The maximum absolute atomic E-state index is 5.77. The van der Waals surface area contributed by atoms with E-state index in [4.69, 9.17) is 5.73 Å². The number of nitrogens with two attached hydrogens (primary N) is 1. The van der Waals surface area contributed by atoms with E-state index in [1.165, 1.54) is 12.0 Å². The van der Waals surface area contributed by atoms with Crippen molar-refractivity contribution in [1.29, 1.82) is 0 Å². The summed E-state index contributed by atoms with van der Waals surface area (Å²) in [6.45, 7) is 6.51. The Kier molecular flexibility index (Phi) is 6.68. The van der Waals surface area contributed by atoms with E-state index in [-0.39, 0.29) is 0 Å². The van der Waals surface area contributed by atoms with Gasteiger partial charge >= 0.3 is 0 Å². The summed E-state index contributed by atoms with van der Waals surface area (Å²) in [6, 6.07) is 6.05. The van der Waals surface area contributed by atoms with E-state index >= 15 is 0 Å². The van der Waals surface area contributed by atoms with Gasteiger partial charge in [-0.2, -0.15) is 0 Å². The molecule has 0 aliphatic rings. The molecule has 1 aromatic rings. The van der Waals surface area contributed by atoms with Gasteiger partial charge < -0.3 is 10.6 Å². The van der Waals surface area contributed by atoms with Crippen molar-refractivity contribution >= 4 is 21.6 Å². The first-order chi connectivity index (χ1) is 8.52. The number of hydrogen-bond donors (Lipinski definition) is 1. The molecular weight excluding hydrogens is 290 g/mol. The van der Waals surface area contributed by atoms with Gasteiger partial charge in [-0.1, -0.05) is 28.9 Å². The van der Waals surface area contributed by atoms with E-state index < -0.39 is 0 Å². The quantitative estimate of drug-likeness (QED) is 0.786. The SMILES string of the molecule is CCCN(CCN(C)C)Cc1ccc(N)cc1Br. The molecule has 0 bridgehead atoms. The smallest absolute Gasteiger partial charge is 0.0325 e. The van der Waals surface area contributed by atoms with Gasteiger partial charge in [-0.25, -0.2) is 0 Å². The molecule has 0 saturated heterocycles. The number of anilines is 1. The van der Waals surface area contributed by atoms with E-state index in [9.17, 15) is 0 Å². The van der Waals surface area contributed by atoms with Crippen LogP contribution >= 0.6 is 15.9 Å². The van der Waals surface area contributed by atoms with Gasteiger partial charge in [0.25, 0.3) is 0 Å². The van der Waals surface area contributed by atoms with Gasteiger partial charge in [-0.05, 0) is 44.8 Å². The molecule has 0 unspecified atom stereocenters. The first kappa shape index (κ1) is 15.5. The van der Waals surface area contributed by atoms with Gasteiger partial charge in [0.1, 0.15) is 0 Å². The topological polar surface area (TPSA) is 32.5 Å². The number of rotatable bonds is 7. The Morgan fingerprint density at radius 2 is 1.89 bits per heavy atom. The molecule has 0 saturated carbocycles. The fourth-order valence-electron chi connectivity index (χ4n) is 1.86. The van der Waals surface area contributed by atoms with Crippen LogP contribution in [0.3, 0.4) is 0 Å². The zero-order valence-corrected chi connectivity index (χ0v) is 13.2. The Hall–Kier alpha value is -0.580. The molecule has 0 heterocycles. The standard InChI is InChI=1S/C14H24BrN3/c1-4-7-18(9-8-17(2)3)11-12-5-6-13(16)10-14(12)15/h5-6,10H,4,7-9,11,16H2,1-3H3. The van der Waals surface area contributed by atoms with E-state index in [1.807, 2.05) is 12.1 Å². The molecule has 3 nitrogen and oxygen atoms in total. The predicted octanol–water partition coefficient (Wildman–Crippen LogP) is 2.80. The average Bonchev–Trinajstić information content (AvgIpc) is 2.29. The van der Waals surface area contributed by atoms with Crippen LogP contribution in [0.15, 0.2) is 22.7 Å². The molecule has 0 aromatic heterocycles. The molecule has 1 rings (SSSR count). The molecule has 0 spiro atoms. The minimum absolute atomic E-state index is 0.806. The summed E-state index contributed by atoms with van der Waals surface area (Å²) < 4.78 is 1.11. The Morgan fingerprint density at radius 1 is 1.17 bits per heavy atom. The fraction of sp³-hybridized carbons (Fsp3) is 0.571. The number of likely N-dealkylation sites (N-methyl/N-ethyl adjacent to an activating group) is 1. The largest absolute Gasteiger partial charge is 0.399 e. The molecule has 18 heavy (non-hydrogen) atoms. The molecule has 0 atom stereocenters. The monoisotopic (exact) mass is 313 g/mol. The van der Waals surface area contributed by atoms with Crippen molar-refractivity contribution in [2.45, 2.75) is 19.9 Å². The van der Waals surface area contributed by atoms with Crippen LogP contribution < -0.4 is 5.73 Å². The van der Waals surface area contributed by atoms with Gasteiger partial charge in [-0.3, -0.25) is 4.90 Å². The maximum atomic E-state index is 5.77. The highest BCUT2D eigenvalue weighted by molar-refractivity contribution is 9.10. The number of halogens is 1. The molecule has 1 aromatic carbocycles. The first-order valence-corrected chi connectivity index (χ1v) is 7.23. The van der Waals surface area contributed by atoms with Crippen LogP contribution in [0.1, 0.15) is 18.9 Å². The van der Waals surface area contributed by atoms with Crippen molar-refractivity contribution in [3.05, 3.63) is 28.2 Å². The van der Waals surface area contributed by atoms with Crippen LogP contribution in [0.4, 0.5) is 5.69 Å². The Balaban J connectivity index is 2.64. The first-order valence-electron chi connectivity index (χ1n) is 6.44. The normalized spacial score (nSPS) is 11.4.